The fourth-order valence-electron chi connectivity index (χ4n) is 4.34. The van der Waals surface area contributed by atoms with Crippen molar-refractivity contribution < 1.29 is 13.6 Å². The minimum atomic E-state index is -1.26. The number of carbonyl (C=O) groups excluding carboxylic acids is 1. The molecule has 0 saturated heterocycles. The first-order valence-corrected chi connectivity index (χ1v) is 13.9. The molecule has 6 N–H and O–H groups in total. The van der Waals surface area contributed by atoms with Gasteiger partial charge in [0, 0.05) is 18.0 Å². The molecule has 1 atom stereocenters. The standard InChI is InChI=1S/C28H36N6O2S/c1-17-7-8-19(27(35)32-22-14-20(28(2,3)4)11-12-25(22)37(6)36)13-23(17)34(30)16-21(29)24-15-31-26(33(24)5)18-9-10-18/h7-8,11-16,18H,9-10,29-30H2,1-6H3,(H,32,35)/p+1. The molecule has 2 aromatic carbocycles. The third-order valence-electron chi connectivity index (χ3n) is 6.77. The first kappa shape index (κ1) is 26.6. The van der Waals surface area contributed by atoms with Gasteiger partial charge in [0.1, 0.15) is 11.9 Å². The number of rotatable bonds is 7. The third kappa shape index (κ3) is 5.78. The van der Waals surface area contributed by atoms with Gasteiger partial charge in [-0.1, -0.05) is 32.9 Å². The highest BCUT2D eigenvalue weighted by Gasteiger charge is 2.34. The molecule has 0 radical (unpaired) electrons. The van der Waals surface area contributed by atoms with Crippen LogP contribution in [0.5, 0.6) is 0 Å². The zero-order valence-electron chi connectivity index (χ0n) is 22.4. The van der Waals surface area contributed by atoms with Gasteiger partial charge in [-0.2, -0.15) is 0 Å². The Labute approximate surface area is 221 Å². The lowest BCUT2D eigenvalue weighted by molar-refractivity contribution is -0.680. The van der Waals surface area contributed by atoms with Crippen molar-refractivity contribution in [1.82, 2.24) is 4.98 Å². The number of imidazole rings is 1. The summed E-state index contributed by atoms with van der Waals surface area (Å²) in [6.45, 7) is 8.21. The summed E-state index contributed by atoms with van der Waals surface area (Å²) in [7, 11) is 0.732. The molecule has 1 heterocycles. The third-order valence-corrected chi connectivity index (χ3v) is 7.75. The number of anilines is 2. The number of amides is 1. The molecule has 1 saturated carbocycles. The van der Waals surface area contributed by atoms with Crippen LogP contribution in [-0.2, 0) is 23.3 Å². The van der Waals surface area contributed by atoms with Crippen LogP contribution in [-0.4, -0.2) is 21.4 Å². The van der Waals surface area contributed by atoms with E-state index >= 15 is 0 Å². The lowest BCUT2D eigenvalue weighted by atomic mass is 9.87. The van der Waals surface area contributed by atoms with E-state index in [1.165, 1.54) is 17.9 Å². The predicted octanol–water partition coefficient (Wildman–Crippen LogP) is 3.95. The van der Waals surface area contributed by atoms with Gasteiger partial charge in [0.25, 0.3) is 11.7 Å². The van der Waals surface area contributed by atoms with Gasteiger partial charge in [-0.15, -0.1) is 0 Å². The molecule has 0 bridgehead atoms. The Morgan fingerprint density at radius 1 is 1.22 bits per heavy atom. The molecule has 3 aromatic rings. The van der Waals surface area contributed by atoms with Crippen molar-refractivity contribution >= 4 is 33.8 Å². The maximum absolute atomic E-state index is 13.3. The minimum Gasteiger partial charge on any atom is -0.394 e. The predicted molar refractivity (Wildman–Crippen MR) is 149 cm³/mol. The molecule has 1 aliphatic rings. The molecule has 8 nitrogen and oxygen atoms in total. The number of aromatic amines is 1. The summed E-state index contributed by atoms with van der Waals surface area (Å²) in [5, 5.41) is 4.40. The van der Waals surface area contributed by atoms with Gasteiger partial charge in [-0.25, -0.2) is 15.4 Å². The fourth-order valence-corrected chi connectivity index (χ4v) is 5.02. The van der Waals surface area contributed by atoms with E-state index in [2.05, 4.69) is 35.6 Å². The zero-order valence-corrected chi connectivity index (χ0v) is 23.2. The van der Waals surface area contributed by atoms with Crippen LogP contribution in [0, 0.1) is 6.92 Å². The number of hydrogen-bond acceptors (Lipinski definition) is 5. The second kappa shape index (κ2) is 10.1. The van der Waals surface area contributed by atoms with Crippen LogP contribution in [0.15, 0.2) is 53.7 Å². The second-order valence-electron chi connectivity index (χ2n) is 10.8. The maximum Gasteiger partial charge on any atom is 0.257 e. The number of aryl methyl sites for hydroxylation is 1. The minimum absolute atomic E-state index is 0.119. The quantitative estimate of drug-likeness (QED) is 0.213. The van der Waals surface area contributed by atoms with Gasteiger partial charge in [0.05, 0.1) is 40.0 Å². The van der Waals surface area contributed by atoms with Gasteiger partial charge in [-0.3, -0.25) is 14.0 Å². The first-order chi connectivity index (χ1) is 17.4. The molecule has 4 rings (SSSR count). The van der Waals surface area contributed by atoms with Crippen LogP contribution in [0.2, 0.25) is 0 Å². The topological polar surface area (TPSA) is 121 Å². The summed E-state index contributed by atoms with van der Waals surface area (Å²) in [5.74, 6) is 7.81. The van der Waals surface area contributed by atoms with Crippen LogP contribution in [0.1, 0.15) is 72.5 Å². The number of hydrogen-bond donors (Lipinski definition) is 4. The number of nitrogens with zero attached hydrogens (tertiary/aromatic N) is 2. The maximum atomic E-state index is 13.3. The molecule has 1 aromatic heterocycles. The summed E-state index contributed by atoms with van der Waals surface area (Å²) in [5.41, 5.74) is 11.2. The number of nitrogens with two attached hydrogens (primary N) is 2. The summed E-state index contributed by atoms with van der Waals surface area (Å²) < 4.78 is 14.4. The molecule has 1 aliphatic carbocycles. The number of aromatic nitrogens is 2. The summed E-state index contributed by atoms with van der Waals surface area (Å²) in [6.07, 6.45) is 7.53. The van der Waals surface area contributed by atoms with E-state index in [4.69, 9.17) is 11.6 Å². The summed E-state index contributed by atoms with van der Waals surface area (Å²) in [6, 6.07) is 11.0. The van der Waals surface area contributed by atoms with Crippen molar-refractivity contribution in [2.75, 3.05) is 16.6 Å². The van der Waals surface area contributed by atoms with Crippen molar-refractivity contribution in [3.63, 3.8) is 0 Å². The van der Waals surface area contributed by atoms with E-state index in [-0.39, 0.29) is 11.3 Å². The van der Waals surface area contributed by atoms with Crippen molar-refractivity contribution in [1.29, 1.82) is 0 Å². The number of H-pyrrole nitrogens is 1. The van der Waals surface area contributed by atoms with Crippen molar-refractivity contribution in [3.8, 4) is 0 Å². The normalized spacial score (nSPS) is 14.9. The Hall–Kier alpha value is -3.43. The van der Waals surface area contributed by atoms with Gasteiger partial charge < -0.3 is 11.1 Å². The van der Waals surface area contributed by atoms with Crippen LogP contribution in [0.3, 0.4) is 0 Å². The van der Waals surface area contributed by atoms with E-state index in [1.807, 2.05) is 44.4 Å². The van der Waals surface area contributed by atoms with Gasteiger partial charge in [0.2, 0.25) is 0 Å². The first-order valence-electron chi connectivity index (χ1n) is 12.4. The molecule has 196 valence electrons. The highest BCUT2D eigenvalue weighted by Crippen LogP contribution is 2.37. The van der Waals surface area contributed by atoms with Crippen LogP contribution < -0.4 is 26.5 Å². The summed E-state index contributed by atoms with van der Waals surface area (Å²) in [4.78, 5) is 17.2. The van der Waals surface area contributed by atoms with E-state index in [0.29, 0.717) is 33.4 Å². The van der Waals surface area contributed by atoms with Gasteiger partial charge in [-0.05, 0) is 60.6 Å². The molecule has 1 amide bonds. The molecule has 37 heavy (non-hydrogen) atoms. The monoisotopic (exact) mass is 521 g/mol. The lowest BCUT2D eigenvalue weighted by Crippen LogP contribution is -2.37. The molecular weight excluding hydrogens is 484 g/mol. The molecule has 0 spiro atoms. The van der Waals surface area contributed by atoms with E-state index in [1.54, 1.807) is 24.6 Å². The molecular formula is C28H37N6O2S+. The van der Waals surface area contributed by atoms with Crippen molar-refractivity contribution in [2.24, 2.45) is 18.6 Å². The smallest absolute Gasteiger partial charge is 0.257 e. The summed E-state index contributed by atoms with van der Waals surface area (Å²) >= 11 is 0. The lowest BCUT2D eigenvalue weighted by Gasteiger charge is -2.21. The molecule has 1 unspecified atom stereocenters. The van der Waals surface area contributed by atoms with Crippen LogP contribution in [0.25, 0.3) is 5.70 Å². The van der Waals surface area contributed by atoms with Gasteiger partial charge in [0.15, 0.2) is 5.69 Å². The Bertz CT molecular complexity index is 1400. The van der Waals surface area contributed by atoms with E-state index < -0.39 is 10.8 Å². The van der Waals surface area contributed by atoms with E-state index in [0.717, 1.165) is 22.6 Å². The fraction of sp³-hybridized carbons (Fsp3) is 0.357. The Balaban J connectivity index is 1.60. The molecule has 1 fully saturated rings. The van der Waals surface area contributed by atoms with Crippen LogP contribution >= 0.6 is 0 Å². The van der Waals surface area contributed by atoms with Crippen molar-refractivity contribution in [3.05, 3.63) is 77.0 Å². The average molecular weight is 522 g/mol. The highest BCUT2D eigenvalue weighted by atomic mass is 32.2. The highest BCUT2D eigenvalue weighted by molar-refractivity contribution is 7.84. The largest absolute Gasteiger partial charge is 0.394 e. The average Bonchev–Trinajstić information content (AvgIpc) is 3.59. The van der Waals surface area contributed by atoms with Crippen LogP contribution in [0.4, 0.5) is 11.4 Å². The van der Waals surface area contributed by atoms with Gasteiger partial charge >= 0.3 is 0 Å². The number of hydrazine groups is 1. The number of nitrogens with one attached hydrogen (secondary N) is 2. The molecule has 9 heteroatoms. The Morgan fingerprint density at radius 2 is 1.92 bits per heavy atom. The Kier molecular flexibility index (Phi) is 7.30. The SMILES string of the molecule is Cc1ccc(C(=O)Nc2cc(C(C)(C)C)ccc2S(C)=O)cc1N(N)C=C(N)c1c[nH]c(C2CC2)[n+]1C. The zero-order chi connectivity index (χ0) is 27.1. The second-order valence-corrected chi connectivity index (χ2v) is 12.1. The Morgan fingerprint density at radius 3 is 2.54 bits per heavy atom. The number of carbonyl (C=O) groups is 1. The number of benzene rings is 2. The van der Waals surface area contributed by atoms with Crippen molar-refractivity contribution in [2.45, 2.75) is 56.8 Å². The van der Waals surface area contributed by atoms with E-state index in [9.17, 15) is 9.00 Å². The molecule has 0 aliphatic heterocycles.